The standard InChI is InChI=1S/C4H6FIN2/c1-8-4(6)3(5)2-7/h2H,7H2,1H3. The third-order valence-corrected chi connectivity index (χ3v) is 1.54. The first-order valence-corrected chi connectivity index (χ1v) is 3.00. The van der Waals surface area contributed by atoms with Gasteiger partial charge in [0, 0.05) is 13.2 Å². The van der Waals surface area contributed by atoms with Crippen LogP contribution in [0.4, 0.5) is 4.39 Å². The number of allylic oxidation sites excluding steroid dienone is 1. The molecule has 0 bridgehead atoms. The molecule has 2 nitrogen and oxygen atoms in total. The SMILES string of the molecule is CN=C(I)C(F)=CN. The van der Waals surface area contributed by atoms with E-state index in [-0.39, 0.29) is 0 Å². The molecule has 0 saturated carbocycles. The highest BCUT2D eigenvalue weighted by Crippen LogP contribution is 2.03. The van der Waals surface area contributed by atoms with Crippen molar-refractivity contribution in [1.29, 1.82) is 0 Å². The zero-order valence-corrected chi connectivity index (χ0v) is 6.52. The summed E-state index contributed by atoms with van der Waals surface area (Å²) in [6, 6.07) is 0. The van der Waals surface area contributed by atoms with E-state index in [1.165, 1.54) is 7.05 Å². The Morgan fingerprint density at radius 2 is 2.38 bits per heavy atom. The van der Waals surface area contributed by atoms with E-state index in [4.69, 9.17) is 5.73 Å². The van der Waals surface area contributed by atoms with E-state index >= 15 is 0 Å². The summed E-state index contributed by atoms with van der Waals surface area (Å²) in [5, 5.41) is 0. The smallest absolute Gasteiger partial charge is 0.169 e. The number of rotatable bonds is 1. The van der Waals surface area contributed by atoms with Gasteiger partial charge in [-0.1, -0.05) is 0 Å². The lowest BCUT2D eigenvalue weighted by Crippen LogP contribution is -1.90. The molecule has 0 radical (unpaired) electrons. The van der Waals surface area contributed by atoms with Crippen LogP contribution in [0.2, 0.25) is 0 Å². The Bertz CT molecular complexity index is 114. The van der Waals surface area contributed by atoms with Gasteiger partial charge in [-0.2, -0.15) is 0 Å². The van der Waals surface area contributed by atoms with E-state index in [9.17, 15) is 4.39 Å². The fourth-order valence-corrected chi connectivity index (χ4v) is 0.355. The van der Waals surface area contributed by atoms with Gasteiger partial charge in [-0.05, 0) is 22.6 Å². The van der Waals surface area contributed by atoms with Crippen LogP contribution in [0.5, 0.6) is 0 Å². The maximum absolute atomic E-state index is 12.1. The van der Waals surface area contributed by atoms with Crippen molar-refractivity contribution in [3.05, 3.63) is 12.0 Å². The molecule has 0 rings (SSSR count). The number of nitrogens with zero attached hydrogens (tertiary/aromatic N) is 1. The predicted octanol–water partition coefficient (Wildman–Crippen LogP) is 1.22. The number of nitrogens with two attached hydrogens (primary N) is 1. The molecular weight excluding hydrogens is 222 g/mol. The molecule has 0 aromatic carbocycles. The van der Waals surface area contributed by atoms with Gasteiger partial charge in [0.1, 0.15) is 3.72 Å². The zero-order chi connectivity index (χ0) is 6.57. The van der Waals surface area contributed by atoms with E-state index in [1.54, 1.807) is 22.6 Å². The summed E-state index contributed by atoms with van der Waals surface area (Å²) in [5.74, 6) is -0.479. The molecule has 2 N–H and O–H groups in total. The molecule has 8 heavy (non-hydrogen) atoms. The van der Waals surface area contributed by atoms with Crippen LogP contribution in [0.3, 0.4) is 0 Å². The van der Waals surface area contributed by atoms with Gasteiger partial charge in [-0.15, -0.1) is 0 Å². The lowest BCUT2D eigenvalue weighted by molar-refractivity contribution is 0.682. The number of halogens is 2. The molecule has 0 aliphatic carbocycles. The molecule has 0 aromatic heterocycles. The largest absolute Gasteiger partial charge is 0.402 e. The van der Waals surface area contributed by atoms with E-state index in [0.717, 1.165) is 6.20 Å². The lowest BCUT2D eigenvalue weighted by Gasteiger charge is -1.86. The van der Waals surface area contributed by atoms with Crippen molar-refractivity contribution in [3.8, 4) is 0 Å². The second-order valence-corrected chi connectivity index (χ2v) is 2.05. The van der Waals surface area contributed by atoms with Crippen LogP contribution in [0.25, 0.3) is 0 Å². The Labute approximate surface area is 60.8 Å². The second-order valence-electron chi connectivity index (χ2n) is 1.03. The summed E-state index contributed by atoms with van der Waals surface area (Å²) < 4.78 is 12.4. The summed E-state index contributed by atoms with van der Waals surface area (Å²) >= 11 is 1.76. The molecule has 46 valence electrons. The average Bonchev–Trinajstić information content (AvgIpc) is 1.84. The van der Waals surface area contributed by atoms with Gasteiger partial charge in [-0.25, -0.2) is 4.39 Å². The van der Waals surface area contributed by atoms with Gasteiger partial charge in [0.25, 0.3) is 0 Å². The summed E-state index contributed by atoms with van der Waals surface area (Å²) in [6.07, 6.45) is 0.884. The Hall–Kier alpha value is -0.130. The summed E-state index contributed by atoms with van der Waals surface area (Å²) in [6.45, 7) is 0. The van der Waals surface area contributed by atoms with Crippen molar-refractivity contribution < 1.29 is 4.39 Å². The molecular formula is C4H6FIN2. The van der Waals surface area contributed by atoms with Crippen LogP contribution in [0.15, 0.2) is 17.0 Å². The van der Waals surface area contributed by atoms with Gasteiger partial charge in [0.2, 0.25) is 0 Å². The maximum atomic E-state index is 12.1. The number of aliphatic imine (C=N–C) groups is 1. The van der Waals surface area contributed by atoms with E-state index in [2.05, 4.69) is 4.99 Å². The summed E-state index contributed by atoms with van der Waals surface area (Å²) in [5.41, 5.74) is 4.83. The molecule has 0 unspecified atom stereocenters. The monoisotopic (exact) mass is 228 g/mol. The van der Waals surface area contributed by atoms with E-state index in [1.807, 2.05) is 0 Å². The fraction of sp³-hybridized carbons (Fsp3) is 0.250. The van der Waals surface area contributed by atoms with Crippen LogP contribution < -0.4 is 5.73 Å². The van der Waals surface area contributed by atoms with E-state index in [0.29, 0.717) is 3.72 Å². The molecule has 0 spiro atoms. The normalized spacial score (nSPS) is 14.4. The maximum Gasteiger partial charge on any atom is 0.169 e. The Morgan fingerprint density at radius 1 is 1.88 bits per heavy atom. The zero-order valence-electron chi connectivity index (χ0n) is 4.36. The number of hydrogen-bond acceptors (Lipinski definition) is 2. The first-order chi connectivity index (χ1) is 3.72. The van der Waals surface area contributed by atoms with Gasteiger partial charge in [0.15, 0.2) is 5.83 Å². The van der Waals surface area contributed by atoms with Crippen LogP contribution in [-0.2, 0) is 0 Å². The van der Waals surface area contributed by atoms with Gasteiger partial charge in [-0.3, -0.25) is 4.99 Å². The highest BCUT2D eigenvalue weighted by molar-refractivity contribution is 14.1. The van der Waals surface area contributed by atoms with Crippen LogP contribution in [0, 0.1) is 0 Å². The lowest BCUT2D eigenvalue weighted by atomic mass is 10.6. The second kappa shape index (κ2) is 3.82. The predicted molar refractivity (Wildman–Crippen MR) is 40.8 cm³/mol. The van der Waals surface area contributed by atoms with Crippen molar-refractivity contribution >= 4 is 26.3 Å². The van der Waals surface area contributed by atoms with Crippen LogP contribution in [-0.4, -0.2) is 10.8 Å². The molecule has 0 aliphatic rings. The highest BCUT2D eigenvalue weighted by atomic mass is 127. The molecule has 4 heteroatoms. The van der Waals surface area contributed by atoms with Crippen molar-refractivity contribution in [1.82, 2.24) is 0 Å². The minimum absolute atomic E-state index is 0.296. The number of hydrogen-bond donors (Lipinski definition) is 1. The minimum Gasteiger partial charge on any atom is -0.402 e. The van der Waals surface area contributed by atoms with Gasteiger partial charge < -0.3 is 5.73 Å². The molecule has 0 atom stereocenters. The third kappa shape index (κ3) is 2.25. The average molecular weight is 228 g/mol. The van der Waals surface area contributed by atoms with Crippen molar-refractivity contribution in [2.75, 3.05) is 7.05 Å². The van der Waals surface area contributed by atoms with Crippen molar-refractivity contribution in [2.45, 2.75) is 0 Å². The molecule has 0 aliphatic heterocycles. The Kier molecular flexibility index (Phi) is 3.76. The van der Waals surface area contributed by atoms with Crippen molar-refractivity contribution in [3.63, 3.8) is 0 Å². The first kappa shape index (κ1) is 7.87. The molecule has 0 amide bonds. The Balaban J connectivity index is 4.04. The highest BCUT2D eigenvalue weighted by Gasteiger charge is 1.95. The third-order valence-electron chi connectivity index (χ3n) is 0.540. The van der Waals surface area contributed by atoms with Crippen molar-refractivity contribution in [2.24, 2.45) is 10.7 Å². The van der Waals surface area contributed by atoms with Gasteiger partial charge >= 0.3 is 0 Å². The fourth-order valence-electron chi connectivity index (χ4n) is 0.176. The Morgan fingerprint density at radius 3 is 2.50 bits per heavy atom. The minimum atomic E-state index is -0.479. The van der Waals surface area contributed by atoms with E-state index < -0.39 is 5.83 Å². The molecule has 0 aromatic rings. The molecule has 0 fully saturated rings. The van der Waals surface area contributed by atoms with Crippen LogP contribution in [0.1, 0.15) is 0 Å². The van der Waals surface area contributed by atoms with Crippen LogP contribution >= 0.6 is 22.6 Å². The quantitative estimate of drug-likeness (QED) is 0.531. The van der Waals surface area contributed by atoms with Gasteiger partial charge in [0.05, 0.1) is 0 Å². The topological polar surface area (TPSA) is 38.4 Å². The summed E-state index contributed by atoms with van der Waals surface area (Å²) in [7, 11) is 1.50. The molecule has 0 heterocycles. The first-order valence-electron chi connectivity index (χ1n) is 1.92. The molecule has 0 saturated heterocycles. The summed E-state index contributed by atoms with van der Waals surface area (Å²) in [4.78, 5) is 3.54.